The number of amides is 3. The predicted octanol–water partition coefficient (Wildman–Crippen LogP) is 0.872. The molecule has 0 aliphatic carbocycles. The van der Waals surface area contributed by atoms with Crippen LogP contribution in [-0.4, -0.2) is 131 Å². The highest BCUT2D eigenvalue weighted by Gasteiger charge is 2.38. The van der Waals surface area contributed by atoms with Crippen molar-refractivity contribution in [3.63, 3.8) is 0 Å². The molecule has 261 valence electrons. The van der Waals surface area contributed by atoms with Gasteiger partial charge < -0.3 is 50.5 Å². The number of nitrogens with one attached hydrogen (secondary N) is 3. The average Bonchev–Trinajstić information content (AvgIpc) is 3.47. The smallest absolute Gasteiger partial charge is 0.260 e. The molecule has 3 amide bonds. The molecule has 1 aromatic carbocycles. The number of aliphatic hydroxyl groups excluding tert-OH is 1. The first-order valence-corrected chi connectivity index (χ1v) is 20.2. The number of nitrogens with two attached hydrogens (primary N) is 1. The van der Waals surface area contributed by atoms with E-state index in [4.69, 9.17) is 29.4 Å². The summed E-state index contributed by atoms with van der Waals surface area (Å²) in [6, 6.07) is 6.50. The molecule has 18 heteroatoms. The third-order valence-corrected chi connectivity index (χ3v) is 9.78. The van der Waals surface area contributed by atoms with Crippen molar-refractivity contribution in [2.75, 3.05) is 71.7 Å². The third kappa shape index (κ3) is 16.9. The summed E-state index contributed by atoms with van der Waals surface area (Å²) >= 11 is 0. The van der Waals surface area contributed by atoms with Gasteiger partial charge in [0, 0.05) is 31.2 Å². The maximum Gasteiger partial charge on any atom is 0.260 e. The zero-order valence-electron chi connectivity index (χ0n) is 26.8. The number of hydrogen-bond donors (Lipinski definition) is 5. The number of hydrogen-bond acceptors (Lipinski definition) is 14. The first-order valence-electron chi connectivity index (χ1n) is 14.9. The second kappa shape index (κ2) is 25.2. The van der Waals surface area contributed by atoms with E-state index in [9.17, 15) is 19.5 Å². The fraction of sp³-hybridized carbons (Fsp3) is 0.621. The predicted molar refractivity (Wildman–Crippen MR) is 190 cm³/mol. The Balaban J connectivity index is 1.64. The fourth-order valence-corrected chi connectivity index (χ4v) is 6.91. The van der Waals surface area contributed by atoms with Crippen LogP contribution in [-0.2, 0) is 28.5 Å². The largest absolute Gasteiger partial charge is 0.490 e. The van der Waals surface area contributed by atoms with Crippen molar-refractivity contribution in [1.82, 2.24) is 16.0 Å². The second-order valence-corrected chi connectivity index (χ2v) is 14.7. The lowest BCUT2D eigenvalue weighted by Gasteiger charge is -2.22. The third-order valence-electron chi connectivity index (χ3n) is 6.08. The standard InChI is InChI=1S/C29H44BN4O9S4/c1-4-32-28(38)29(47-45-3)43-22-16-24(42-23(22)17-35)30-9-6-11-33-25(36)18-39-13-14-40-26(46-44-2)19-41-21-8-5-7-20(15-21)27(37)34-12-10-31/h5,7-8,15,22-24,26,29,35H,4,10-14,16-19,31H2,1-3H3,(H,32,38)(H,33,36)(H,34,37)/t22-,23?,24-,26?,29+/m1/s1. The molecule has 0 bridgehead atoms. The van der Waals surface area contributed by atoms with E-state index in [1.807, 2.05) is 19.4 Å². The van der Waals surface area contributed by atoms with Crippen LogP contribution in [0.25, 0.3) is 0 Å². The van der Waals surface area contributed by atoms with E-state index in [1.54, 1.807) is 31.5 Å². The quantitative estimate of drug-likeness (QED) is 0.0352. The van der Waals surface area contributed by atoms with Gasteiger partial charge in [0.15, 0.2) is 5.44 Å². The van der Waals surface area contributed by atoms with Crippen LogP contribution in [0.15, 0.2) is 24.3 Å². The number of benzene rings is 1. The number of carbonyl (C=O) groups is 3. The molecule has 0 saturated carbocycles. The van der Waals surface area contributed by atoms with Crippen molar-refractivity contribution in [3.8, 4) is 17.5 Å². The van der Waals surface area contributed by atoms with Crippen LogP contribution in [0.5, 0.6) is 5.75 Å². The molecule has 1 aromatic rings. The van der Waals surface area contributed by atoms with E-state index in [0.717, 1.165) is 0 Å². The maximum atomic E-state index is 12.3. The Kier molecular flexibility index (Phi) is 22.2. The van der Waals surface area contributed by atoms with Crippen LogP contribution in [0.4, 0.5) is 0 Å². The normalized spacial score (nSPS) is 18.4. The van der Waals surface area contributed by atoms with E-state index in [0.29, 0.717) is 37.4 Å². The minimum Gasteiger partial charge on any atom is -0.490 e. The molecule has 1 heterocycles. The van der Waals surface area contributed by atoms with Gasteiger partial charge in [-0.05, 0) is 44.1 Å². The molecule has 2 unspecified atom stereocenters. The number of rotatable bonds is 23. The van der Waals surface area contributed by atoms with Crippen LogP contribution in [0.3, 0.4) is 0 Å². The van der Waals surface area contributed by atoms with E-state index in [2.05, 4.69) is 27.7 Å². The van der Waals surface area contributed by atoms with E-state index in [-0.39, 0.29) is 68.7 Å². The molecule has 1 fully saturated rings. The number of likely N-dealkylation sites (N-methyl/N-ethyl adjacent to an activating group) is 1. The van der Waals surface area contributed by atoms with Gasteiger partial charge >= 0.3 is 0 Å². The first kappa shape index (κ1) is 41.4. The molecule has 1 aliphatic heterocycles. The van der Waals surface area contributed by atoms with Gasteiger partial charge in [0.25, 0.3) is 19.1 Å². The molecule has 0 aromatic heterocycles. The Labute approximate surface area is 293 Å². The van der Waals surface area contributed by atoms with Gasteiger partial charge in [-0.25, -0.2) is 0 Å². The fourth-order valence-electron chi connectivity index (χ4n) is 3.98. The molecule has 13 nitrogen and oxygen atoms in total. The monoisotopic (exact) mass is 731 g/mol. The van der Waals surface area contributed by atoms with Crippen molar-refractivity contribution >= 4 is 68.2 Å². The summed E-state index contributed by atoms with van der Waals surface area (Å²) in [6.45, 7) is 3.53. The van der Waals surface area contributed by atoms with Gasteiger partial charge in [-0.2, -0.15) is 5.82 Å². The molecule has 1 aliphatic rings. The Morgan fingerprint density at radius 1 is 1.17 bits per heavy atom. The highest BCUT2D eigenvalue weighted by atomic mass is 33.1. The molecular formula is C29H44BN4O9S4. The van der Waals surface area contributed by atoms with Crippen LogP contribution in [0.1, 0.15) is 23.7 Å². The molecule has 1 radical (unpaired) electrons. The lowest BCUT2D eigenvalue weighted by Crippen LogP contribution is -2.39. The summed E-state index contributed by atoms with van der Waals surface area (Å²) in [7, 11) is 7.39. The molecular weight excluding hydrogens is 687 g/mol. The van der Waals surface area contributed by atoms with Gasteiger partial charge in [-0.3, -0.25) is 14.4 Å². The number of ether oxygens (including phenoxy) is 5. The lowest BCUT2D eigenvalue weighted by atomic mass is 9.71. The van der Waals surface area contributed by atoms with E-state index < -0.39 is 17.6 Å². The molecule has 2 rings (SSSR count). The minimum absolute atomic E-state index is 0.120. The summed E-state index contributed by atoms with van der Waals surface area (Å²) in [6.07, 6.45) is 3.20. The molecule has 6 N–H and O–H groups in total. The van der Waals surface area contributed by atoms with Gasteiger partial charge in [0.1, 0.15) is 30.5 Å². The van der Waals surface area contributed by atoms with Crippen molar-refractivity contribution < 1.29 is 43.2 Å². The van der Waals surface area contributed by atoms with Gasteiger partial charge in [0.05, 0.1) is 32.5 Å². The van der Waals surface area contributed by atoms with Gasteiger partial charge in [-0.15, -0.1) is 0 Å². The molecule has 47 heavy (non-hydrogen) atoms. The first-order chi connectivity index (χ1) is 22.8. The molecule has 5 atom stereocenters. The van der Waals surface area contributed by atoms with Crippen LogP contribution >= 0.6 is 43.2 Å². The SMILES string of the molecule is CCNC(=O)[C@@H](O[C@@H]1C[C@H]([B]C#CCNC(=O)COCCOC(COc2cccc(C(=O)NCCN)c2)SSC)OC1CO)SSC. The van der Waals surface area contributed by atoms with Crippen molar-refractivity contribution in [3.05, 3.63) is 29.8 Å². The summed E-state index contributed by atoms with van der Waals surface area (Å²) in [4.78, 5) is 36.6. The number of carbonyl (C=O) groups excluding carboxylic acids is 3. The topological polar surface area (TPSA) is 180 Å². The Bertz CT molecular complexity index is 1150. The summed E-state index contributed by atoms with van der Waals surface area (Å²) in [5.74, 6) is 5.50. The highest BCUT2D eigenvalue weighted by molar-refractivity contribution is 8.77. The van der Waals surface area contributed by atoms with E-state index >= 15 is 0 Å². The van der Waals surface area contributed by atoms with Crippen LogP contribution < -0.4 is 26.4 Å². The van der Waals surface area contributed by atoms with Crippen molar-refractivity contribution in [2.24, 2.45) is 5.73 Å². The van der Waals surface area contributed by atoms with Crippen molar-refractivity contribution in [2.45, 2.75) is 42.4 Å². The Hall–Kier alpha value is -1.79. The lowest BCUT2D eigenvalue weighted by molar-refractivity contribution is -0.132. The second-order valence-electron chi connectivity index (χ2n) is 9.56. The maximum absolute atomic E-state index is 12.3. The van der Waals surface area contributed by atoms with E-state index in [1.165, 1.54) is 43.2 Å². The minimum atomic E-state index is -0.719. The van der Waals surface area contributed by atoms with Crippen LogP contribution in [0.2, 0.25) is 0 Å². The molecule has 0 spiro atoms. The van der Waals surface area contributed by atoms with Crippen molar-refractivity contribution in [1.29, 1.82) is 0 Å². The molecule has 1 saturated heterocycles. The summed E-state index contributed by atoms with van der Waals surface area (Å²) < 4.78 is 28.9. The number of aliphatic hydroxyl groups is 1. The van der Waals surface area contributed by atoms with Gasteiger partial charge in [0.2, 0.25) is 5.91 Å². The highest BCUT2D eigenvalue weighted by Crippen LogP contribution is 2.31. The summed E-state index contributed by atoms with van der Waals surface area (Å²) in [5, 5.41) is 17.9. The average molecular weight is 732 g/mol. The Morgan fingerprint density at radius 2 is 1.98 bits per heavy atom. The van der Waals surface area contributed by atoms with Gasteiger partial charge in [-0.1, -0.05) is 55.2 Å². The zero-order chi connectivity index (χ0) is 34.3. The zero-order valence-corrected chi connectivity index (χ0v) is 30.0. The summed E-state index contributed by atoms with van der Waals surface area (Å²) in [5.41, 5.74) is 4.91. The Morgan fingerprint density at radius 3 is 2.70 bits per heavy atom. The van der Waals surface area contributed by atoms with Crippen LogP contribution in [0, 0.1) is 11.7 Å².